The first-order chi connectivity index (χ1) is 6.51. The minimum absolute atomic E-state index is 0.0280. The largest absolute Gasteiger partial charge is 0.318 e. The normalized spacial score (nSPS) is 33.5. The average Bonchev–Trinajstić information content (AvgIpc) is 2.57. The van der Waals surface area contributed by atoms with E-state index >= 15 is 0 Å². The van der Waals surface area contributed by atoms with Gasteiger partial charge in [0.15, 0.2) is 0 Å². The number of hydrogen-bond acceptors (Lipinski definition) is 3. The van der Waals surface area contributed by atoms with E-state index in [-0.39, 0.29) is 29.1 Å². The molecule has 1 aliphatic carbocycles. The van der Waals surface area contributed by atoms with E-state index in [1.807, 2.05) is 20.9 Å². The van der Waals surface area contributed by atoms with Crippen LogP contribution in [0, 0.1) is 17.3 Å². The van der Waals surface area contributed by atoms with Gasteiger partial charge in [0.05, 0.1) is 11.8 Å². The molecule has 0 bridgehead atoms. The summed E-state index contributed by atoms with van der Waals surface area (Å²) in [6.45, 7) is 5.18. The summed E-state index contributed by atoms with van der Waals surface area (Å²) in [4.78, 5) is 24.9. The molecule has 0 aromatic heterocycles. The van der Waals surface area contributed by atoms with Crippen LogP contribution in [0.1, 0.15) is 13.8 Å². The summed E-state index contributed by atoms with van der Waals surface area (Å²) in [6, 6.07) is 0. The number of nitrogens with one attached hydrogen (secondary N) is 1. The Bertz CT molecular complexity index is 274. The molecule has 14 heavy (non-hydrogen) atoms. The topological polar surface area (TPSA) is 49.4 Å². The van der Waals surface area contributed by atoms with E-state index in [1.165, 1.54) is 4.90 Å². The van der Waals surface area contributed by atoms with Crippen molar-refractivity contribution < 1.29 is 9.59 Å². The van der Waals surface area contributed by atoms with Gasteiger partial charge in [-0.1, -0.05) is 13.8 Å². The smallest absolute Gasteiger partial charge is 0.233 e. The Kier molecular flexibility index (Phi) is 1.93. The molecule has 0 radical (unpaired) electrons. The minimum Gasteiger partial charge on any atom is -0.318 e. The number of rotatable bonds is 3. The molecule has 78 valence electrons. The predicted molar refractivity (Wildman–Crippen MR) is 51.4 cm³/mol. The van der Waals surface area contributed by atoms with E-state index in [0.717, 1.165) is 0 Å². The van der Waals surface area contributed by atoms with Crippen molar-refractivity contribution in [3.63, 3.8) is 0 Å². The fraction of sp³-hybridized carbons (Fsp3) is 0.800. The number of carbonyl (C=O) groups is 2. The van der Waals surface area contributed by atoms with Crippen molar-refractivity contribution in [2.24, 2.45) is 17.3 Å². The van der Waals surface area contributed by atoms with Crippen molar-refractivity contribution in [3.8, 4) is 0 Å². The quantitative estimate of drug-likeness (QED) is 0.638. The van der Waals surface area contributed by atoms with Gasteiger partial charge in [-0.2, -0.15) is 0 Å². The van der Waals surface area contributed by atoms with Crippen LogP contribution in [-0.2, 0) is 9.59 Å². The van der Waals surface area contributed by atoms with Crippen molar-refractivity contribution in [2.75, 3.05) is 20.1 Å². The van der Waals surface area contributed by atoms with Gasteiger partial charge in [0.25, 0.3) is 0 Å². The second-order valence-corrected chi connectivity index (χ2v) is 4.71. The summed E-state index contributed by atoms with van der Waals surface area (Å²) in [5, 5.41) is 2.94. The van der Waals surface area contributed by atoms with Crippen LogP contribution in [0.4, 0.5) is 0 Å². The third-order valence-electron chi connectivity index (χ3n) is 3.48. The first kappa shape index (κ1) is 9.65. The third kappa shape index (κ3) is 1.03. The van der Waals surface area contributed by atoms with Crippen molar-refractivity contribution in [1.29, 1.82) is 0 Å². The molecule has 1 aliphatic heterocycles. The highest BCUT2D eigenvalue weighted by atomic mass is 16.2. The Balaban J connectivity index is 2.06. The van der Waals surface area contributed by atoms with E-state index in [4.69, 9.17) is 0 Å². The molecule has 0 spiro atoms. The summed E-state index contributed by atoms with van der Waals surface area (Å²) in [5.41, 5.74) is -0.0791. The number of amides is 2. The zero-order valence-corrected chi connectivity index (χ0v) is 8.83. The van der Waals surface area contributed by atoms with Crippen LogP contribution in [0.15, 0.2) is 0 Å². The Labute approximate surface area is 83.6 Å². The van der Waals surface area contributed by atoms with Crippen LogP contribution in [0.3, 0.4) is 0 Å². The van der Waals surface area contributed by atoms with Crippen LogP contribution >= 0.6 is 0 Å². The molecule has 4 heteroatoms. The molecule has 1 N–H and O–H groups in total. The summed E-state index contributed by atoms with van der Waals surface area (Å²) >= 11 is 0. The lowest BCUT2D eigenvalue weighted by molar-refractivity contribution is -0.142. The summed E-state index contributed by atoms with van der Waals surface area (Å²) in [7, 11) is 1.82. The van der Waals surface area contributed by atoms with Gasteiger partial charge in [-0.15, -0.1) is 0 Å². The molecule has 0 aromatic carbocycles. The van der Waals surface area contributed by atoms with E-state index in [1.54, 1.807) is 0 Å². The number of hydrogen-bond donors (Lipinski definition) is 1. The Morgan fingerprint density at radius 1 is 1.29 bits per heavy atom. The molecule has 1 saturated carbocycles. The van der Waals surface area contributed by atoms with E-state index in [9.17, 15) is 9.59 Å². The van der Waals surface area contributed by atoms with Gasteiger partial charge in [-0.3, -0.25) is 14.5 Å². The van der Waals surface area contributed by atoms with Crippen molar-refractivity contribution in [3.05, 3.63) is 0 Å². The van der Waals surface area contributed by atoms with Crippen molar-refractivity contribution in [1.82, 2.24) is 10.2 Å². The van der Waals surface area contributed by atoms with Crippen LogP contribution < -0.4 is 5.32 Å². The molecule has 2 rings (SSSR count). The summed E-state index contributed by atoms with van der Waals surface area (Å²) < 4.78 is 0. The summed E-state index contributed by atoms with van der Waals surface area (Å²) in [5.74, 6) is -0.0146. The highest BCUT2D eigenvalue weighted by Crippen LogP contribution is 2.63. The molecule has 1 heterocycles. The van der Waals surface area contributed by atoms with Crippen molar-refractivity contribution >= 4 is 11.8 Å². The Morgan fingerprint density at radius 2 is 1.79 bits per heavy atom. The standard InChI is InChI=1S/C10H16N2O2/c1-10(2)6-7(10)9(14)12(8(6)13)5-4-11-3/h6-7,11H,4-5H2,1-3H3. The lowest BCUT2D eigenvalue weighted by Gasteiger charge is -2.19. The van der Waals surface area contributed by atoms with Gasteiger partial charge >= 0.3 is 0 Å². The molecule has 1 saturated heterocycles. The molecular weight excluding hydrogens is 180 g/mol. The second kappa shape index (κ2) is 2.79. The lowest BCUT2D eigenvalue weighted by atomic mass is 10.1. The van der Waals surface area contributed by atoms with Gasteiger partial charge in [0.2, 0.25) is 11.8 Å². The maximum Gasteiger partial charge on any atom is 0.233 e. The Hall–Kier alpha value is -0.900. The van der Waals surface area contributed by atoms with E-state index in [2.05, 4.69) is 5.32 Å². The van der Waals surface area contributed by atoms with E-state index < -0.39 is 0 Å². The maximum absolute atomic E-state index is 11.8. The van der Waals surface area contributed by atoms with Crippen LogP contribution in [0.25, 0.3) is 0 Å². The van der Waals surface area contributed by atoms with Gasteiger partial charge < -0.3 is 5.32 Å². The minimum atomic E-state index is -0.0791. The Morgan fingerprint density at radius 3 is 2.21 bits per heavy atom. The van der Waals surface area contributed by atoms with E-state index in [0.29, 0.717) is 13.1 Å². The third-order valence-corrected chi connectivity index (χ3v) is 3.48. The maximum atomic E-state index is 11.8. The molecule has 2 amide bonds. The number of likely N-dealkylation sites (N-methyl/N-ethyl adjacent to an activating group) is 1. The zero-order chi connectivity index (χ0) is 10.5. The average molecular weight is 196 g/mol. The number of fused-ring (bicyclic) bond motifs is 1. The molecule has 2 fully saturated rings. The first-order valence-corrected chi connectivity index (χ1v) is 5.01. The summed E-state index contributed by atoms with van der Waals surface area (Å²) in [6.07, 6.45) is 0. The second-order valence-electron chi connectivity index (χ2n) is 4.71. The van der Waals surface area contributed by atoms with Crippen LogP contribution in [0.2, 0.25) is 0 Å². The number of likely N-dealkylation sites (tertiary alicyclic amines) is 1. The highest BCUT2D eigenvalue weighted by molar-refractivity contribution is 6.10. The molecule has 2 aliphatic rings. The molecule has 4 nitrogen and oxygen atoms in total. The number of imide groups is 1. The van der Waals surface area contributed by atoms with Crippen LogP contribution in [0.5, 0.6) is 0 Å². The monoisotopic (exact) mass is 196 g/mol. The zero-order valence-electron chi connectivity index (χ0n) is 8.83. The van der Waals surface area contributed by atoms with Gasteiger partial charge in [0.1, 0.15) is 0 Å². The highest BCUT2D eigenvalue weighted by Gasteiger charge is 2.72. The van der Waals surface area contributed by atoms with Gasteiger partial charge in [-0.05, 0) is 12.5 Å². The SMILES string of the molecule is CNCCN1C(=O)C2C(C1=O)C2(C)C. The van der Waals surface area contributed by atoms with Gasteiger partial charge in [-0.25, -0.2) is 0 Å². The first-order valence-electron chi connectivity index (χ1n) is 5.01. The number of piperidine rings is 1. The van der Waals surface area contributed by atoms with Crippen LogP contribution in [-0.4, -0.2) is 36.9 Å². The molecule has 0 aromatic rings. The molecule has 2 atom stereocenters. The predicted octanol–water partition coefficient (Wildman–Crippen LogP) is -0.153. The molecular formula is C10H16N2O2. The number of carbonyl (C=O) groups excluding carboxylic acids is 2. The lowest BCUT2D eigenvalue weighted by Crippen LogP contribution is -2.40. The van der Waals surface area contributed by atoms with Gasteiger partial charge in [0, 0.05) is 13.1 Å². The fourth-order valence-electron chi connectivity index (χ4n) is 2.45. The molecule has 2 unspecified atom stereocenters. The van der Waals surface area contributed by atoms with Crippen molar-refractivity contribution in [2.45, 2.75) is 13.8 Å². The number of nitrogens with zero attached hydrogens (tertiary/aromatic N) is 1. The fourth-order valence-corrected chi connectivity index (χ4v) is 2.45.